The number of rotatable bonds is 30. The van der Waals surface area contributed by atoms with E-state index in [1.165, 1.54) is 14.0 Å². The van der Waals surface area contributed by atoms with E-state index in [9.17, 15) is 63.0 Å². The number of primary amides is 2. The van der Waals surface area contributed by atoms with E-state index < -0.39 is 144 Å². The number of hydrazine groups is 1. The predicted molar refractivity (Wildman–Crippen MR) is 322 cm³/mol. The van der Waals surface area contributed by atoms with Gasteiger partial charge in [-0.15, -0.1) is 11.6 Å². The number of H-pyrrole nitrogens is 1. The number of para-hydroxylation sites is 1. The van der Waals surface area contributed by atoms with Gasteiger partial charge in [0.2, 0.25) is 53.2 Å². The third-order valence-electron chi connectivity index (χ3n) is 14.2. The average molecular weight is 1240 g/mol. The summed E-state index contributed by atoms with van der Waals surface area (Å²) in [5.74, 6) is -9.74. The number of aromatic nitrogens is 1. The van der Waals surface area contributed by atoms with Crippen LogP contribution in [0.2, 0.25) is 0 Å². The predicted octanol–water partition coefficient (Wildman–Crippen LogP) is -2.69. The van der Waals surface area contributed by atoms with Crippen molar-refractivity contribution >= 4 is 93.6 Å². The van der Waals surface area contributed by atoms with Crippen LogP contribution in [0.3, 0.4) is 0 Å². The van der Waals surface area contributed by atoms with Gasteiger partial charge < -0.3 is 79.4 Å². The lowest BCUT2D eigenvalue weighted by Crippen LogP contribution is -2.63. The molecule has 476 valence electrons. The third kappa shape index (κ3) is 21.0. The van der Waals surface area contributed by atoms with E-state index in [1.807, 2.05) is 24.3 Å². The molecule has 0 bridgehead atoms. The quantitative estimate of drug-likeness (QED) is 0.00832. The number of likely N-dealkylation sites (tertiary alicyclic amines) is 1. The first-order valence-electron chi connectivity index (χ1n) is 28.4. The van der Waals surface area contributed by atoms with E-state index in [0.717, 1.165) is 22.7 Å². The minimum atomic E-state index is -1.91. The number of carbonyl (C=O) groups is 11. The van der Waals surface area contributed by atoms with Crippen LogP contribution in [0, 0.1) is 11.3 Å². The molecular weight excluding hydrogens is 1160 g/mol. The number of hydrogen-bond donors (Lipinski definition) is 17. The van der Waals surface area contributed by atoms with Crippen molar-refractivity contribution < 1.29 is 63.0 Å². The van der Waals surface area contributed by atoms with Gasteiger partial charge in [0.25, 0.3) is 5.91 Å². The van der Waals surface area contributed by atoms with Crippen LogP contribution in [-0.4, -0.2) is 177 Å². The number of β-amino-alcohol motifs (C(OH)–C–C–N with tert-alkyl or cyclic N) is 1. The maximum Gasteiger partial charge on any atom is 0.334 e. The number of aliphatic hydroxyl groups excluding tert-OH is 2. The Kier molecular flexibility index (Phi) is 26.4. The van der Waals surface area contributed by atoms with Crippen molar-refractivity contribution in [3.05, 3.63) is 108 Å². The number of alkyl halides is 1. The minimum Gasteiger partial charge on any atom is -0.391 e. The lowest BCUT2D eigenvalue weighted by molar-refractivity contribution is -0.142. The first-order valence-corrected chi connectivity index (χ1v) is 28.9. The topological polar surface area (TPSA) is 455 Å². The third-order valence-corrected chi connectivity index (χ3v) is 14.7. The molecule has 2 heterocycles. The average Bonchev–Trinajstić information content (AvgIpc) is 4.22. The molecule has 1 fully saturated rings. The summed E-state index contributed by atoms with van der Waals surface area (Å²) in [5, 5.41) is 51.8. The lowest BCUT2D eigenvalue weighted by Gasteiger charge is -2.31. The maximum atomic E-state index is 14.1. The van der Waals surface area contributed by atoms with Gasteiger partial charge in [0, 0.05) is 63.4 Å². The number of guanidine groups is 1. The highest BCUT2D eigenvalue weighted by Crippen LogP contribution is 2.26. The molecular formula is C58H79ClN16O13. The Morgan fingerprint density at radius 1 is 0.682 bits per heavy atom. The van der Waals surface area contributed by atoms with Crippen molar-refractivity contribution in [3.8, 4) is 0 Å². The zero-order chi connectivity index (χ0) is 64.8. The van der Waals surface area contributed by atoms with Gasteiger partial charge in [0.05, 0.1) is 24.0 Å². The van der Waals surface area contributed by atoms with Crippen LogP contribution < -0.4 is 70.2 Å². The molecule has 1 aliphatic rings. The number of carbonyl (C=O) groups excluding carboxylic acids is 11. The zero-order valence-corrected chi connectivity index (χ0v) is 50.1. The molecule has 0 saturated carbocycles. The molecule has 11 atom stereocenters. The molecule has 4 aromatic rings. The molecule has 1 aliphatic heterocycles. The Bertz CT molecular complexity index is 3120. The van der Waals surface area contributed by atoms with Crippen LogP contribution >= 0.6 is 11.6 Å². The van der Waals surface area contributed by atoms with Gasteiger partial charge in [-0.25, -0.2) is 10.2 Å². The first kappa shape index (κ1) is 69.4. The van der Waals surface area contributed by atoms with E-state index in [-0.39, 0.29) is 56.9 Å². The minimum absolute atomic E-state index is 0.00183. The van der Waals surface area contributed by atoms with Gasteiger partial charge in [-0.3, -0.25) is 58.8 Å². The van der Waals surface area contributed by atoms with Crippen LogP contribution in [-0.2, 0) is 67.2 Å². The number of nitrogens with two attached hydrogens (primary N) is 2. The molecule has 0 radical (unpaired) electrons. The van der Waals surface area contributed by atoms with E-state index in [0.29, 0.717) is 16.7 Å². The molecule has 1 aromatic heterocycles. The van der Waals surface area contributed by atoms with E-state index in [4.69, 9.17) is 28.5 Å². The molecule has 12 amide bonds. The Hall–Kier alpha value is -9.35. The van der Waals surface area contributed by atoms with Gasteiger partial charge in [-0.2, -0.15) is 0 Å². The maximum absolute atomic E-state index is 14.1. The van der Waals surface area contributed by atoms with Crippen molar-refractivity contribution in [2.75, 3.05) is 20.1 Å². The standard InChI is InChI=1S/C58H79ClN16O13/c1-30(2)23-40(51(82)67-38(21-14-22-64-57(62)63-5)50(81)68-39(49(61)80)26-35-28-65-37-20-13-12-19-36(35)37)71-58(88)74-73-53(84)41(24-33-15-8-6-9-16-33)69-54(85)47(31(3)76)72-52(83)42(27-45(60)79)70-55(86)48-46(59)44(78)29-75(48)56(87)43(66-32(4)77)25-34-17-10-7-11-18-34/h6-13,15-20,28,30-31,38-44,46-48,65,76,78H,14,21-27,29H2,1-5H3,(H2,60,79)(H2,61,80)(H,66,77)(H,67,82)(H,68,81)(H,69,85)(H,70,86)(H,72,83)(H,73,84)(H3,62,63,64)(H2,71,74,88)/t31-,38+,39+,40+,41+,42+,43+,44+,46?,47+,48+/m1/s1. The number of aromatic amines is 1. The Morgan fingerprint density at radius 3 is 1.85 bits per heavy atom. The fourth-order valence-corrected chi connectivity index (χ4v) is 10.1. The summed E-state index contributed by atoms with van der Waals surface area (Å²) in [6.07, 6.45) is -2.39. The summed E-state index contributed by atoms with van der Waals surface area (Å²) in [7, 11) is 1.54. The number of hydrogen-bond acceptors (Lipinski definition) is 14. The summed E-state index contributed by atoms with van der Waals surface area (Å²) in [4.78, 5) is 153. The summed E-state index contributed by atoms with van der Waals surface area (Å²) in [5.41, 5.74) is 18.3. The van der Waals surface area contributed by atoms with Crippen molar-refractivity contribution in [1.82, 2.24) is 68.6 Å². The number of aliphatic hydroxyl groups is 2. The molecule has 5 rings (SSSR count). The smallest absolute Gasteiger partial charge is 0.334 e. The summed E-state index contributed by atoms with van der Waals surface area (Å²) >= 11 is 6.52. The van der Waals surface area contributed by atoms with Crippen LogP contribution in [0.5, 0.6) is 0 Å². The number of benzene rings is 3. The monoisotopic (exact) mass is 1240 g/mol. The molecule has 88 heavy (non-hydrogen) atoms. The summed E-state index contributed by atoms with van der Waals surface area (Å²) < 4.78 is 0. The van der Waals surface area contributed by atoms with E-state index >= 15 is 0 Å². The van der Waals surface area contributed by atoms with E-state index in [1.54, 1.807) is 80.7 Å². The SMILES string of the molecule is CNC(=N)NCCC[C@H](NC(=O)[C@H](CC(C)C)NC(=O)NNC(=O)[C@H](Cc1ccccc1)NC(=O)[C@@H](NC(=O)[C@H](CC(N)=O)NC(=O)[C@@H]1C(Cl)[C@@H](O)CN1C(=O)[C@H](Cc1ccccc1)NC(C)=O)[C@@H](C)O)C(=O)N[C@@H](Cc1c[nH]c2ccccc12)C(N)=O. The second-order valence-corrected chi connectivity index (χ2v) is 22.2. The number of fused-ring (bicyclic) bond motifs is 1. The second kappa shape index (κ2) is 33.5. The highest BCUT2D eigenvalue weighted by molar-refractivity contribution is 6.24. The summed E-state index contributed by atoms with van der Waals surface area (Å²) in [6, 6.07) is 10.9. The number of nitrogens with zero attached hydrogens (tertiary/aromatic N) is 1. The highest BCUT2D eigenvalue weighted by Gasteiger charge is 2.49. The molecule has 3 aromatic carbocycles. The van der Waals surface area contributed by atoms with Crippen LogP contribution in [0.25, 0.3) is 10.9 Å². The number of nitrogens with one attached hydrogen (secondary N) is 13. The highest BCUT2D eigenvalue weighted by atomic mass is 35.5. The van der Waals surface area contributed by atoms with Crippen molar-refractivity contribution in [2.45, 2.75) is 139 Å². The van der Waals surface area contributed by atoms with E-state index in [2.05, 4.69) is 63.7 Å². The normalized spacial score (nSPS) is 17.2. The number of urea groups is 1. The van der Waals surface area contributed by atoms with Crippen molar-refractivity contribution in [1.29, 1.82) is 5.41 Å². The van der Waals surface area contributed by atoms with Crippen LogP contribution in [0.15, 0.2) is 91.1 Å². The van der Waals surface area contributed by atoms with Crippen molar-refractivity contribution in [3.63, 3.8) is 0 Å². The molecule has 1 saturated heterocycles. The Balaban J connectivity index is 1.28. The van der Waals surface area contributed by atoms with Crippen LogP contribution in [0.1, 0.15) is 70.1 Å². The lowest BCUT2D eigenvalue weighted by atomic mass is 10.0. The number of halogens is 1. The first-order chi connectivity index (χ1) is 41.8. The molecule has 0 aliphatic carbocycles. The fraction of sp³-hybridized carbons (Fsp3) is 0.448. The Labute approximate surface area is 512 Å². The van der Waals surface area contributed by atoms with Gasteiger partial charge in [-0.1, -0.05) is 92.7 Å². The number of amides is 12. The molecule has 0 spiro atoms. The van der Waals surface area contributed by atoms with Gasteiger partial charge in [0.1, 0.15) is 48.3 Å². The van der Waals surface area contributed by atoms with Crippen molar-refractivity contribution in [2.24, 2.45) is 17.4 Å². The van der Waals surface area contributed by atoms with Gasteiger partial charge in [-0.05, 0) is 54.9 Å². The second-order valence-electron chi connectivity index (χ2n) is 21.7. The fourth-order valence-electron chi connectivity index (χ4n) is 9.72. The molecule has 19 N–H and O–H groups in total. The van der Waals surface area contributed by atoms with Gasteiger partial charge in [0.15, 0.2) is 5.96 Å². The molecule has 29 nitrogen and oxygen atoms in total. The van der Waals surface area contributed by atoms with Gasteiger partial charge >= 0.3 is 6.03 Å². The zero-order valence-electron chi connectivity index (χ0n) is 49.3. The Morgan fingerprint density at radius 2 is 1.26 bits per heavy atom. The van der Waals surface area contributed by atoms with Crippen LogP contribution in [0.4, 0.5) is 4.79 Å². The summed E-state index contributed by atoms with van der Waals surface area (Å²) in [6.45, 7) is 5.56. The molecule has 1 unspecified atom stereocenters. The largest absolute Gasteiger partial charge is 0.391 e. The molecule has 30 heteroatoms.